The smallest absolute Gasteiger partial charge is 0.157 e. The van der Waals surface area contributed by atoms with E-state index in [1.165, 1.54) is 18.2 Å². The Morgan fingerprint density at radius 1 is 0.696 bits per heavy atom. The van der Waals surface area contributed by atoms with Crippen LogP contribution < -0.4 is 0 Å². The molecule has 0 heterocycles. The molecule has 0 amide bonds. The van der Waals surface area contributed by atoms with Crippen LogP contribution in [0.25, 0.3) is 0 Å². The lowest BCUT2D eigenvalue weighted by molar-refractivity contribution is 0.288. The summed E-state index contributed by atoms with van der Waals surface area (Å²) in [6.45, 7) is 2.21. The van der Waals surface area contributed by atoms with Gasteiger partial charge in [0.15, 0.2) is 23.0 Å². The van der Waals surface area contributed by atoms with Crippen molar-refractivity contribution in [1.82, 2.24) is 0 Å². The minimum Gasteiger partial charge on any atom is -0.504 e. The van der Waals surface area contributed by atoms with Crippen molar-refractivity contribution < 1.29 is 25.5 Å². The first-order valence-electron chi connectivity index (χ1n) is 7.60. The number of hydrogen-bond donors (Lipinski definition) is 5. The summed E-state index contributed by atoms with van der Waals surface area (Å²) in [5, 5.41) is 44.6. The molecule has 2 rings (SSSR count). The fraction of sp³-hybridized carbons (Fsp3) is 0.333. The maximum atomic E-state index is 9.09. The Bertz CT molecular complexity index is 610. The van der Waals surface area contributed by atoms with Gasteiger partial charge in [-0.05, 0) is 54.7 Å². The number of phenols is 4. The molecule has 2 aromatic rings. The minimum absolute atomic E-state index is 0.0315. The number of aliphatic hydroxyl groups is 1. The van der Waals surface area contributed by atoms with Crippen molar-refractivity contribution in [3.8, 4) is 23.0 Å². The topological polar surface area (TPSA) is 101 Å². The SMILES string of the molecule is CCCc1ccc(O)c(O)c1.OCCCc1ccc(O)c(O)c1. The normalized spacial score (nSPS) is 10.0. The van der Waals surface area contributed by atoms with Gasteiger partial charge in [0.2, 0.25) is 0 Å². The second-order valence-corrected chi connectivity index (χ2v) is 5.22. The van der Waals surface area contributed by atoms with E-state index in [1.807, 2.05) is 6.07 Å². The molecule has 5 nitrogen and oxygen atoms in total. The predicted molar refractivity (Wildman–Crippen MR) is 88.9 cm³/mol. The Hall–Kier alpha value is -2.40. The third-order valence-electron chi connectivity index (χ3n) is 3.24. The van der Waals surface area contributed by atoms with E-state index in [4.69, 9.17) is 25.5 Å². The van der Waals surface area contributed by atoms with Gasteiger partial charge in [0.1, 0.15) is 0 Å². The van der Waals surface area contributed by atoms with E-state index in [2.05, 4.69) is 6.92 Å². The molecule has 0 saturated heterocycles. The van der Waals surface area contributed by atoms with Crippen LogP contribution in [0.2, 0.25) is 0 Å². The molecular weight excluding hydrogens is 296 g/mol. The highest BCUT2D eigenvalue weighted by atomic mass is 16.3. The van der Waals surface area contributed by atoms with Crippen LogP contribution in [0.4, 0.5) is 0 Å². The van der Waals surface area contributed by atoms with Gasteiger partial charge in [0, 0.05) is 6.61 Å². The highest BCUT2D eigenvalue weighted by Crippen LogP contribution is 2.25. The number of aryl methyl sites for hydroxylation is 2. The molecule has 23 heavy (non-hydrogen) atoms. The molecule has 5 N–H and O–H groups in total. The predicted octanol–water partition coefficient (Wildman–Crippen LogP) is 3.07. The maximum absolute atomic E-state index is 9.09. The number of phenolic OH excluding ortho intramolecular Hbond substituents is 4. The molecule has 0 radical (unpaired) electrons. The standard InChI is InChI=1S/C9H12O3.C9H12O2/c10-5-1-2-7-3-4-8(11)9(12)6-7;1-2-3-7-4-5-8(10)9(11)6-7/h3-4,6,10-12H,1-2,5H2;4-6,10-11H,2-3H2,1H3. The molecule has 0 aliphatic heterocycles. The summed E-state index contributed by atoms with van der Waals surface area (Å²) in [6.07, 6.45) is 3.37. The van der Waals surface area contributed by atoms with Crippen LogP contribution >= 0.6 is 0 Å². The molecular formula is C18H24O5. The summed E-state index contributed by atoms with van der Waals surface area (Å²) >= 11 is 0. The lowest BCUT2D eigenvalue weighted by Gasteiger charge is -2.01. The second kappa shape index (κ2) is 9.58. The van der Waals surface area contributed by atoms with Crippen molar-refractivity contribution in [2.24, 2.45) is 0 Å². The summed E-state index contributed by atoms with van der Waals surface area (Å²) in [5.41, 5.74) is 1.97. The quantitative estimate of drug-likeness (QED) is 0.545. The molecule has 0 aliphatic carbocycles. The van der Waals surface area contributed by atoms with Gasteiger partial charge >= 0.3 is 0 Å². The second-order valence-electron chi connectivity index (χ2n) is 5.22. The molecule has 0 aliphatic rings. The van der Waals surface area contributed by atoms with Crippen molar-refractivity contribution in [3.05, 3.63) is 47.5 Å². The molecule has 0 atom stereocenters. The lowest BCUT2D eigenvalue weighted by Crippen LogP contribution is -1.88. The number of aromatic hydroxyl groups is 4. The van der Waals surface area contributed by atoms with E-state index in [0.717, 1.165) is 24.0 Å². The molecule has 5 heteroatoms. The first-order valence-corrected chi connectivity index (χ1v) is 7.60. The lowest BCUT2D eigenvalue weighted by atomic mass is 10.1. The van der Waals surface area contributed by atoms with Crippen LogP contribution in [0.5, 0.6) is 23.0 Å². The van der Waals surface area contributed by atoms with E-state index >= 15 is 0 Å². The van der Waals surface area contributed by atoms with Crippen molar-refractivity contribution in [2.75, 3.05) is 6.61 Å². The largest absolute Gasteiger partial charge is 0.504 e. The van der Waals surface area contributed by atoms with Crippen molar-refractivity contribution in [3.63, 3.8) is 0 Å². The van der Waals surface area contributed by atoms with Crippen LogP contribution in [-0.2, 0) is 12.8 Å². The van der Waals surface area contributed by atoms with Crippen molar-refractivity contribution in [2.45, 2.75) is 32.6 Å². The Labute approximate surface area is 136 Å². The highest BCUT2D eigenvalue weighted by Gasteiger charge is 2.00. The van der Waals surface area contributed by atoms with Gasteiger partial charge in [-0.1, -0.05) is 25.5 Å². The van der Waals surface area contributed by atoms with Crippen molar-refractivity contribution >= 4 is 0 Å². The Morgan fingerprint density at radius 2 is 1.17 bits per heavy atom. The van der Waals surface area contributed by atoms with Crippen LogP contribution in [0.15, 0.2) is 36.4 Å². The summed E-state index contributed by atoms with van der Waals surface area (Å²) in [4.78, 5) is 0. The fourth-order valence-corrected chi connectivity index (χ4v) is 2.02. The number of benzene rings is 2. The Balaban J connectivity index is 0.000000231. The van der Waals surface area contributed by atoms with Gasteiger partial charge in [0.05, 0.1) is 0 Å². The molecule has 126 valence electrons. The van der Waals surface area contributed by atoms with Crippen LogP contribution in [0.1, 0.15) is 30.9 Å². The minimum atomic E-state index is -0.109. The average Bonchev–Trinajstić information content (AvgIpc) is 2.53. The highest BCUT2D eigenvalue weighted by molar-refractivity contribution is 5.41. The van der Waals surface area contributed by atoms with E-state index in [0.29, 0.717) is 12.8 Å². The number of rotatable bonds is 5. The molecule has 0 unspecified atom stereocenters. The zero-order chi connectivity index (χ0) is 17.2. The average molecular weight is 320 g/mol. The van der Waals surface area contributed by atoms with Crippen LogP contribution in [-0.4, -0.2) is 32.1 Å². The molecule has 0 fully saturated rings. The third-order valence-corrected chi connectivity index (χ3v) is 3.24. The summed E-state index contributed by atoms with van der Waals surface area (Å²) < 4.78 is 0. The zero-order valence-electron chi connectivity index (χ0n) is 13.2. The summed E-state index contributed by atoms with van der Waals surface area (Å²) in [5.74, 6) is -0.297. The zero-order valence-corrected chi connectivity index (χ0v) is 13.2. The van der Waals surface area contributed by atoms with Crippen LogP contribution in [0.3, 0.4) is 0 Å². The first-order chi connectivity index (χ1) is 11.0. The first kappa shape index (κ1) is 18.6. The summed E-state index contributed by atoms with van der Waals surface area (Å²) in [7, 11) is 0. The monoisotopic (exact) mass is 320 g/mol. The third kappa shape index (κ3) is 6.48. The van der Waals surface area contributed by atoms with Gasteiger partial charge in [-0.2, -0.15) is 0 Å². The number of hydrogen-bond acceptors (Lipinski definition) is 5. The fourth-order valence-electron chi connectivity index (χ4n) is 2.02. The maximum Gasteiger partial charge on any atom is 0.157 e. The van der Waals surface area contributed by atoms with Crippen molar-refractivity contribution in [1.29, 1.82) is 0 Å². The van der Waals surface area contributed by atoms with E-state index in [9.17, 15) is 0 Å². The van der Waals surface area contributed by atoms with E-state index in [-0.39, 0.29) is 29.6 Å². The molecule has 0 bridgehead atoms. The van der Waals surface area contributed by atoms with Gasteiger partial charge in [-0.25, -0.2) is 0 Å². The molecule has 0 aromatic heterocycles. The molecule has 0 saturated carbocycles. The van der Waals surface area contributed by atoms with E-state index < -0.39 is 0 Å². The van der Waals surface area contributed by atoms with Gasteiger partial charge in [-0.15, -0.1) is 0 Å². The van der Waals surface area contributed by atoms with Gasteiger partial charge < -0.3 is 25.5 Å². The van der Waals surface area contributed by atoms with E-state index in [1.54, 1.807) is 12.1 Å². The molecule has 2 aromatic carbocycles. The number of aliphatic hydroxyl groups excluding tert-OH is 1. The van der Waals surface area contributed by atoms with Gasteiger partial charge in [-0.3, -0.25) is 0 Å². The van der Waals surface area contributed by atoms with Crippen LogP contribution in [0, 0.1) is 0 Å². The Morgan fingerprint density at radius 3 is 1.57 bits per heavy atom. The summed E-state index contributed by atoms with van der Waals surface area (Å²) in [6, 6.07) is 9.61. The van der Waals surface area contributed by atoms with Gasteiger partial charge in [0.25, 0.3) is 0 Å². The Kier molecular flexibility index (Phi) is 7.77. The molecule has 0 spiro atoms.